The van der Waals surface area contributed by atoms with Gasteiger partial charge in [-0.1, -0.05) is 87.1 Å². The van der Waals surface area contributed by atoms with E-state index in [2.05, 4.69) is 6.92 Å². The van der Waals surface area contributed by atoms with E-state index >= 15 is 0 Å². The number of aryl methyl sites for hydroxylation is 2. The van der Waals surface area contributed by atoms with Crippen LogP contribution in [0, 0.1) is 30.3 Å². The van der Waals surface area contributed by atoms with E-state index < -0.39 is 11.6 Å². The van der Waals surface area contributed by atoms with Crippen LogP contribution < -0.4 is 4.74 Å². The average Bonchev–Trinajstić information content (AvgIpc) is 2.95. The van der Waals surface area contributed by atoms with Crippen molar-refractivity contribution in [2.45, 2.75) is 96.8 Å². The maximum atomic E-state index is 14.9. The summed E-state index contributed by atoms with van der Waals surface area (Å²) in [5.41, 5.74) is 3.57. The summed E-state index contributed by atoms with van der Waals surface area (Å²) in [7, 11) is 0. The molecule has 0 aromatic heterocycles. The fourth-order valence-electron chi connectivity index (χ4n) is 5.84. The lowest BCUT2D eigenvalue weighted by Gasteiger charge is -2.29. The van der Waals surface area contributed by atoms with Crippen LogP contribution in [-0.2, 0) is 6.42 Å². The molecule has 1 aliphatic carbocycles. The zero-order valence-corrected chi connectivity index (χ0v) is 23.6. The molecule has 39 heavy (non-hydrogen) atoms. The highest BCUT2D eigenvalue weighted by Crippen LogP contribution is 2.39. The van der Waals surface area contributed by atoms with Crippen LogP contribution in [0.25, 0.3) is 11.1 Å². The normalized spacial score (nSPS) is 17.4. The molecule has 3 aromatic rings. The van der Waals surface area contributed by atoms with E-state index in [1.165, 1.54) is 25.7 Å². The summed E-state index contributed by atoms with van der Waals surface area (Å²) < 4.78 is 50.1. The predicted octanol–water partition coefficient (Wildman–Crippen LogP) is 10.7. The fourth-order valence-corrected chi connectivity index (χ4v) is 5.84. The second kappa shape index (κ2) is 14.6. The molecule has 0 bridgehead atoms. The Hall–Kier alpha value is -2.75. The Morgan fingerprint density at radius 3 is 2.21 bits per heavy atom. The number of halogens is 3. The van der Waals surface area contributed by atoms with E-state index in [-0.39, 0.29) is 5.82 Å². The van der Waals surface area contributed by atoms with Gasteiger partial charge in [-0.15, -0.1) is 0 Å². The maximum absolute atomic E-state index is 14.9. The molecule has 0 N–H and O–H groups in total. The van der Waals surface area contributed by atoms with Gasteiger partial charge in [0.1, 0.15) is 0 Å². The van der Waals surface area contributed by atoms with Crippen molar-refractivity contribution < 1.29 is 17.9 Å². The monoisotopic (exact) mass is 536 g/mol. The van der Waals surface area contributed by atoms with Crippen LogP contribution >= 0.6 is 0 Å². The second-order valence-corrected chi connectivity index (χ2v) is 11.3. The fraction of sp³-hybridized carbons (Fsp3) is 0.486. The summed E-state index contributed by atoms with van der Waals surface area (Å²) in [4.78, 5) is 0. The van der Waals surface area contributed by atoms with Gasteiger partial charge in [0.25, 0.3) is 0 Å². The van der Waals surface area contributed by atoms with Crippen LogP contribution in [0.5, 0.6) is 5.75 Å². The minimum Gasteiger partial charge on any atom is -0.491 e. The van der Waals surface area contributed by atoms with Crippen molar-refractivity contribution in [3.8, 4) is 16.9 Å². The lowest BCUT2D eigenvalue weighted by Crippen LogP contribution is -2.14. The van der Waals surface area contributed by atoms with Crippen LogP contribution in [0.4, 0.5) is 13.2 Å². The quantitative estimate of drug-likeness (QED) is 0.197. The van der Waals surface area contributed by atoms with Crippen molar-refractivity contribution in [1.82, 2.24) is 0 Å². The lowest BCUT2D eigenvalue weighted by molar-refractivity contribution is 0.288. The molecule has 1 aliphatic rings. The molecule has 3 aromatic carbocycles. The van der Waals surface area contributed by atoms with Gasteiger partial charge in [-0.3, -0.25) is 0 Å². The Morgan fingerprint density at radius 1 is 0.769 bits per heavy atom. The first kappa shape index (κ1) is 29.2. The van der Waals surface area contributed by atoms with Crippen LogP contribution in [0.15, 0.2) is 54.6 Å². The summed E-state index contributed by atoms with van der Waals surface area (Å²) in [6, 6.07) is 16.3. The van der Waals surface area contributed by atoms with Crippen molar-refractivity contribution in [3.63, 3.8) is 0 Å². The molecule has 4 heteroatoms. The first-order valence-electron chi connectivity index (χ1n) is 14.9. The highest BCUT2D eigenvalue weighted by atomic mass is 19.2. The Balaban J connectivity index is 1.23. The molecule has 0 unspecified atom stereocenters. The van der Waals surface area contributed by atoms with E-state index in [4.69, 9.17) is 4.74 Å². The first-order chi connectivity index (χ1) is 19.0. The Bertz CT molecular complexity index is 1180. The smallest absolute Gasteiger partial charge is 0.166 e. The van der Waals surface area contributed by atoms with Gasteiger partial charge in [0.05, 0.1) is 6.61 Å². The summed E-state index contributed by atoms with van der Waals surface area (Å²) >= 11 is 0. The standard InChI is InChI=1S/C35H43F3O/c1-3-4-5-6-7-8-23-39-33-22-20-30(24-32(33)36)27-16-11-26(12-17-27)13-18-29-19-21-31(35(38)34(29)37)28-14-9-25(2)10-15-28/h9-10,14-15,19-22,24,26-27H,3-8,11-13,16-18,23H2,1-2H3. The Labute approximate surface area is 232 Å². The molecule has 0 radical (unpaired) electrons. The minimum absolute atomic E-state index is 0.271. The van der Waals surface area contributed by atoms with Gasteiger partial charge in [0, 0.05) is 5.56 Å². The van der Waals surface area contributed by atoms with Gasteiger partial charge >= 0.3 is 0 Å². The zero-order chi connectivity index (χ0) is 27.6. The number of hydrogen-bond donors (Lipinski definition) is 0. The highest BCUT2D eigenvalue weighted by Gasteiger charge is 2.24. The lowest BCUT2D eigenvalue weighted by atomic mass is 9.77. The molecular weight excluding hydrogens is 493 g/mol. The van der Waals surface area contributed by atoms with Gasteiger partial charge in [-0.05, 0) is 92.5 Å². The molecule has 0 spiro atoms. The topological polar surface area (TPSA) is 9.23 Å². The van der Waals surface area contributed by atoms with E-state index in [9.17, 15) is 13.2 Å². The highest BCUT2D eigenvalue weighted by molar-refractivity contribution is 5.65. The van der Waals surface area contributed by atoms with Gasteiger partial charge in [0.15, 0.2) is 23.2 Å². The third-order valence-corrected chi connectivity index (χ3v) is 8.38. The number of ether oxygens (including phenoxy) is 1. The first-order valence-corrected chi connectivity index (χ1v) is 14.9. The van der Waals surface area contributed by atoms with E-state index in [1.807, 2.05) is 37.3 Å². The van der Waals surface area contributed by atoms with E-state index in [1.54, 1.807) is 24.3 Å². The summed E-state index contributed by atoms with van der Waals surface area (Å²) in [5, 5.41) is 0. The van der Waals surface area contributed by atoms with Crippen molar-refractivity contribution in [2.24, 2.45) is 5.92 Å². The molecule has 1 saturated carbocycles. The molecule has 0 aliphatic heterocycles. The van der Waals surface area contributed by atoms with Crippen LogP contribution in [0.1, 0.15) is 100 Å². The molecule has 0 atom stereocenters. The van der Waals surface area contributed by atoms with Crippen molar-refractivity contribution >= 4 is 0 Å². The summed E-state index contributed by atoms with van der Waals surface area (Å²) in [6.07, 6.45) is 12.5. The van der Waals surface area contributed by atoms with Crippen LogP contribution in [0.2, 0.25) is 0 Å². The van der Waals surface area contributed by atoms with Crippen molar-refractivity contribution in [2.75, 3.05) is 6.61 Å². The molecule has 1 fully saturated rings. The Morgan fingerprint density at radius 2 is 1.49 bits per heavy atom. The van der Waals surface area contributed by atoms with Crippen LogP contribution in [0.3, 0.4) is 0 Å². The van der Waals surface area contributed by atoms with Gasteiger partial charge < -0.3 is 4.74 Å². The second-order valence-electron chi connectivity index (χ2n) is 11.3. The third kappa shape index (κ3) is 8.13. The molecule has 210 valence electrons. The Kier molecular flexibility index (Phi) is 10.9. The van der Waals surface area contributed by atoms with E-state index in [0.717, 1.165) is 56.1 Å². The number of benzene rings is 3. The molecule has 0 saturated heterocycles. The van der Waals surface area contributed by atoms with Crippen molar-refractivity contribution in [1.29, 1.82) is 0 Å². The molecular formula is C35H43F3O. The summed E-state index contributed by atoms with van der Waals surface area (Å²) in [5.74, 6) is -0.593. The zero-order valence-electron chi connectivity index (χ0n) is 23.6. The third-order valence-electron chi connectivity index (χ3n) is 8.38. The van der Waals surface area contributed by atoms with Gasteiger partial charge in [-0.2, -0.15) is 0 Å². The molecule has 4 rings (SSSR count). The van der Waals surface area contributed by atoms with Gasteiger partial charge in [-0.25, -0.2) is 13.2 Å². The molecule has 0 amide bonds. The molecule has 1 nitrogen and oxygen atoms in total. The maximum Gasteiger partial charge on any atom is 0.166 e. The van der Waals surface area contributed by atoms with E-state index in [0.29, 0.717) is 47.3 Å². The largest absolute Gasteiger partial charge is 0.491 e. The average molecular weight is 537 g/mol. The van der Waals surface area contributed by atoms with Crippen molar-refractivity contribution in [3.05, 3.63) is 88.7 Å². The molecule has 0 heterocycles. The number of unbranched alkanes of at least 4 members (excludes halogenated alkanes) is 5. The van der Waals surface area contributed by atoms with Crippen LogP contribution in [-0.4, -0.2) is 6.61 Å². The predicted molar refractivity (Wildman–Crippen MR) is 155 cm³/mol. The number of hydrogen-bond acceptors (Lipinski definition) is 1. The number of rotatable bonds is 13. The SMILES string of the molecule is CCCCCCCCOc1ccc(C2CCC(CCc3ccc(-c4ccc(C)cc4)c(F)c3F)CC2)cc1F. The van der Waals surface area contributed by atoms with Gasteiger partial charge in [0.2, 0.25) is 0 Å². The summed E-state index contributed by atoms with van der Waals surface area (Å²) in [6.45, 7) is 4.74. The minimum atomic E-state index is -0.763.